The van der Waals surface area contributed by atoms with Gasteiger partial charge in [-0.3, -0.25) is 4.79 Å². The third kappa shape index (κ3) is 1.40. The van der Waals surface area contributed by atoms with Crippen LogP contribution in [0, 0.1) is 6.92 Å². The van der Waals surface area contributed by atoms with Crippen LogP contribution in [0.15, 0.2) is 22.6 Å². The van der Waals surface area contributed by atoms with Gasteiger partial charge in [0.1, 0.15) is 5.58 Å². The molecule has 2 rings (SSSR count). The molecule has 3 nitrogen and oxygen atoms in total. The Balaban J connectivity index is 2.84. The van der Waals surface area contributed by atoms with Crippen LogP contribution in [0.3, 0.4) is 0 Å². The van der Waals surface area contributed by atoms with Gasteiger partial charge in [-0.25, -0.2) is 0 Å². The second-order valence-corrected chi connectivity index (χ2v) is 3.47. The van der Waals surface area contributed by atoms with Crippen molar-refractivity contribution in [3.63, 3.8) is 0 Å². The zero-order valence-corrected chi connectivity index (χ0v) is 8.96. The van der Waals surface area contributed by atoms with Crippen LogP contribution in [0.1, 0.15) is 23.0 Å². The number of ether oxygens (including phenoxy) is 1. The molecule has 0 N–H and O–H groups in total. The number of furan rings is 1. The summed E-state index contributed by atoms with van der Waals surface area (Å²) in [6.07, 6.45) is 0. The summed E-state index contributed by atoms with van der Waals surface area (Å²) in [5, 5.41) is 0.850. The summed E-state index contributed by atoms with van der Waals surface area (Å²) in [6, 6.07) is 5.74. The monoisotopic (exact) mass is 204 g/mol. The molecule has 0 aliphatic carbocycles. The highest BCUT2D eigenvalue weighted by molar-refractivity contribution is 6.02. The van der Waals surface area contributed by atoms with E-state index < -0.39 is 0 Å². The van der Waals surface area contributed by atoms with Crippen molar-refractivity contribution >= 4 is 16.8 Å². The Labute approximate surface area is 87.6 Å². The molecule has 0 saturated carbocycles. The molecule has 0 bridgehead atoms. The number of hydrogen-bond acceptors (Lipinski definition) is 3. The Morgan fingerprint density at radius 1 is 1.40 bits per heavy atom. The standard InChI is InChI=1S/C12H12O3/c1-7-5-4-6-9-10(7)15-11(8(2)13)12(9)14-3/h4-6H,1-3H3. The smallest absolute Gasteiger partial charge is 0.212 e. The van der Waals surface area contributed by atoms with Gasteiger partial charge in [-0.2, -0.15) is 0 Å². The van der Waals surface area contributed by atoms with Crippen molar-refractivity contribution in [2.45, 2.75) is 13.8 Å². The molecular weight excluding hydrogens is 192 g/mol. The summed E-state index contributed by atoms with van der Waals surface area (Å²) in [5.41, 5.74) is 1.72. The minimum absolute atomic E-state index is 0.123. The molecule has 1 aromatic carbocycles. The lowest BCUT2D eigenvalue weighted by molar-refractivity contribution is 0.0985. The molecule has 1 heterocycles. The number of Topliss-reactive ketones (excluding diaryl/α,β-unsaturated/α-hetero) is 1. The van der Waals surface area contributed by atoms with Gasteiger partial charge in [0.25, 0.3) is 0 Å². The summed E-state index contributed by atoms with van der Waals surface area (Å²) in [7, 11) is 1.54. The van der Waals surface area contributed by atoms with Crippen molar-refractivity contribution in [2.24, 2.45) is 0 Å². The molecule has 0 atom stereocenters. The van der Waals surface area contributed by atoms with Gasteiger partial charge in [-0.05, 0) is 18.6 Å². The molecule has 0 amide bonds. The molecule has 1 aromatic heterocycles. The van der Waals surface area contributed by atoms with E-state index in [1.54, 1.807) is 7.11 Å². The first kappa shape index (κ1) is 9.77. The van der Waals surface area contributed by atoms with E-state index in [4.69, 9.17) is 9.15 Å². The summed E-state index contributed by atoms with van der Waals surface area (Å²) >= 11 is 0. The molecule has 0 radical (unpaired) electrons. The number of para-hydroxylation sites is 1. The molecule has 2 aromatic rings. The fourth-order valence-corrected chi connectivity index (χ4v) is 1.67. The van der Waals surface area contributed by atoms with Crippen molar-refractivity contribution < 1.29 is 13.9 Å². The topological polar surface area (TPSA) is 39.4 Å². The molecule has 0 saturated heterocycles. The van der Waals surface area contributed by atoms with E-state index in [1.165, 1.54) is 6.92 Å². The van der Waals surface area contributed by atoms with Crippen LogP contribution in [0.25, 0.3) is 11.0 Å². The fourth-order valence-electron chi connectivity index (χ4n) is 1.67. The lowest BCUT2D eigenvalue weighted by atomic mass is 10.1. The quantitative estimate of drug-likeness (QED) is 0.706. The summed E-state index contributed by atoms with van der Waals surface area (Å²) < 4.78 is 10.7. The maximum absolute atomic E-state index is 11.3. The zero-order chi connectivity index (χ0) is 11.0. The van der Waals surface area contributed by atoms with Crippen LogP contribution in [0.4, 0.5) is 0 Å². The van der Waals surface area contributed by atoms with Gasteiger partial charge < -0.3 is 9.15 Å². The van der Waals surface area contributed by atoms with Gasteiger partial charge in [0.05, 0.1) is 12.5 Å². The number of hydrogen-bond donors (Lipinski definition) is 0. The summed E-state index contributed by atoms with van der Waals surface area (Å²) in [6.45, 7) is 3.41. The number of benzene rings is 1. The van der Waals surface area contributed by atoms with Crippen LogP contribution in [0.5, 0.6) is 5.75 Å². The van der Waals surface area contributed by atoms with Crippen molar-refractivity contribution in [2.75, 3.05) is 7.11 Å². The van der Waals surface area contributed by atoms with Crippen molar-refractivity contribution in [3.05, 3.63) is 29.5 Å². The van der Waals surface area contributed by atoms with E-state index in [0.29, 0.717) is 11.5 Å². The lowest BCUT2D eigenvalue weighted by Crippen LogP contribution is -1.92. The molecular formula is C12H12O3. The van der Waals surface area contributed by atoms with Crippen LogP contribution in [-0.4, -0.2) is 12.9 Å². The van der Waals surface area contributed by atoms with Gasteiger partial charge in [0, 0.05) is 6.92 Å². The SMILES string of the molecule is COc1c(C(C)=O)oc2c(C)cccc12. The number of carbonyl (C=O) groups is 1. The molecule has 0 fully saturated rings. The van der Waals surface area contributed by atoms with Crippen LogP contribution < -0.4 is 4.74 Å². The van der Waals surface area contributed by atoms with E-state index in [-0.39, 0.29) is 5.78 Å². The Morgan fingerprint density at radius 2 is 2.13 bits per heavy atom. The van der Waals surface area contributed by atoms with Crippen molar-refractivity contribution in [3.8, 4) is 5.75 Å². The van der Waals surface area contributed by atoms with E-state index in [9.17, 15) is 4.79 Å². The third-order valence-electron chi connectivity index (χ3n) is 2.39. The number of carbonyl (C=O) groups excluding carboxylic acids is 1. The third-order valence-corrected chi connectivity index (χ3v) is 2.39. The van der Waals surface area contributed by atoms with E-state index >= 15 is 0 Å². The summed E-state index contributed by atoms with van der Waals surface area (Å²) in [5.74, 6) is 0.699. The first-order valence-electron chi connectivity index (χ1n) is 4.72. The predicted octanol–water partition coefficient (Wildman–Crippen LogP) is 2.95. The Hall–Kier alpha value is -1.77. The molecule has 3 heteroatoms. The molecule has 0 aliphatic rings. The minimum atomic E-state index is -0.123. The highest BCUT2D eigenvalue weighted by Gasteiger charge is 2.18. The van der Waals surface area contributed by atoms with Crippen LogP contribution in [0.2, 0.25) is 0 Å². The minimum Gasteiger partial charge on any atom is -0.492 e. The van der Waals surface area contributed by atoms with Crippen LogP contribution in [-0.2, 0) is 0 Å². The normalized spacial score (nSPS) is 10.6. The molecule has 0 spiro atoms. The van der Waals surface area contributed by atoms with Crippen LogP contribution >= 0.6 is 0 Å². The largest absolute Gasteiger partial charge is 0.492 e. The maximum Gasteiger partial charge on any atom is 0.212 e. The zero-order valence-electron chi connectivity index (χ0n) is 8.96. The Bertz CT molecular complexity index is 523. The predicted molar refractivity (Wildman–Crippen MR) is 57.5 cm³/mol. The van der Waals surface area contributed by atoms with E-state index in [1.807, 2.05) is 25.1 Å². The molecule has 15 heavy (non-hydrogen) atoms. The number of aryl methyl sites for hydroxylation is 1. The van der Waals surface area contributed by atoms with Crippen molar-refractivity contribution in [1.29, 1.82) is 0 Å². The average Bonchev–Trinajstić information content (AvgIpc) is 2.57. The molecule has 78 valence electrons. The first-order chi connectivity index (χ1) is 7.15. The van der Waals surface area contributed by atoms with E-state index in [2.05, 4.69) is 0 Å². The second kappa shape index (κ2) is 3.42. The van der Waals surface area contributed by atoms with Gasteiger partial charge >= 0.3 is 0 Å². The fraction of sp³-hybridized carbons (Fsp3) is 0.250. The maximum atomic E-state index is 11.3. The van der Waals surface area contributed by atoms with Gasteiger partial charge in [0.15, 0.2) is 11.5 Å². The Kier molecular flexibility index (Phi) is 2.23. The lowest BCUT2D eigenvalue weighted by Gasteiger charge is -1.97. The Morgan fingerprint density at radius 3 is 2.73 bits per heavy atom. The van der Waals surface area contributed by atoms with E-state index in [0.717, 1.165) is 16.5 Å². The first-order valence-corrected chi connectivity index (χ1v) is 4.72. The van der Waals surface area contributed by atoms with Gasteiger partial charge in [-0.1, -0.05) is 12.1 Å². The second-order valence-electron chi connectivity index (χ2n) is 3.47. The number of ketones is 1. The molecule has 0 aliphatic heterocycles. The number of rotatable bonds is 2. The van der Waals surface area contributed by atoms with Gasteiger partial charge in [0.2, 0.25) is 5.76 Å². The molecule has 0 unspecified atom stereocenters. The number of fused-ring (bicyclic) bond motifs is 1. The summed E-state index contributed by atoms with van der Waals surface area (Å²) in [4.78, 5) is 11.3. The highest BCUT2D eigenvalue weighted by Crippen LogP contribution is 2.34. The number of methoxy groups -OCH3 is 1. The average molecular weight is 204 g/mol. The van der Waals surface area contributed by atoms with Crippen molar-refractivity contribution in [1.82, 2.24) is 0 Å². The highest BCUT2D eigenvalue weighted by atomic mass is 16.5. The van der Waals surface area contributed by atoms with Gasteiger partial charge in [-0.15, -0.1) is 0 Å².